The molecule has 0 bridgehead atoms. The van der Waals surface area contributed by atoms with Crippen LogP contribution in [0.2, 0.25) is 5.02 Å². The Hall–Kier alpha value is -2.63. The standard InChI is InChI=1S/C26H30ClF3N2O5S/c1-14-12-15(2)17(4)23(16(14)3)38(35,36)32-10-8-19(9-11-32)25(34)37-18(5)24(33)31-22-13-20(26(28,29)30)6-7-21(22)27/h6-7,12-13,18-19H,8-11H2,1-5H3,(H,31,33)/t18-/m0/s1. The number of hydrogen-bond acceptors (Lipinski definition) is 5. The molecule has 3 rings (SSSR count). The van der Waals surface area contributed by atoms with Gasteiger partial charge in [0.15, 0.2) is 6.10 Å². The van der Waals surface area contributed by atoms with Gasteiger partial charge >= 0.3 is 12.1 Å². The number of hydrogen-bond donors (Lipinski definition) is 1. The molecule has 208 valence electrons. The summed E-state index contributed by atoms with van der Waals surface area (Å²) in [6.07, 6.45) is -5.53. The molecule has 0 spiro atoms. The molecule has 12 heteroatoms. The maximum absolute atomic E-state index is 13.4. The van der Waals surface area contributed by atoms with E-state index in [9.17, 15) is 31.2 Å². The topological polar surface area (TPSA) is 92.8 Å². The minimum atomic E-state index is -4.62. The van der Waals surface area contributed by atoms with Gasteiger partial charge in [0.25, 0.3) is 5.91 Å². The molecule has 1 N–H and O–H groups in total. The average Bonchev–Trinajstić information content (AvgIpc) is 2.83. The van der Waals surface area contributed by atoms with Crippen molar-refractivity contribution in [2.45, 2.75) is 64.6 Å². The molecule has 2 aromatic rings. The van der Waals surface area contributed by atoms with Gasteiger partial charge in [-0.25, -0.2) is 8.42 Å². The van der Waals surface area contributed by atoms with Crippen molar-refractivity contribution in [1.82, 2.24) is 4.31 Å². The zero-order valence-electron chi connectivity index (χ0n) is 21.7. The fourth-order valence-corrected chi connectivity index (χ4v) is 6.59. The first-order valence-electron chi connectivity index (χ1n) is 12.0. The number of alkyl halides is 3. The number of nitrogens with one attached hydrogen (secondary N) is 1. The zero-order chi connectivity index (χ0) is 28.6. The second-order valence-electron chi connectivity index (χ2n) is 9.53. The Morgan fingerprint density at radius 2 is 1.61 bits per heavy atom. The van der Waals surface area contributed by atoms with E-state index < -0.39 is 45.7 Å². The predicted molar refractivity (Wildman–Crippen MR) is 138 cm³/mol. The molecule has 38 heavy (non-hydrogen) atoms. The van der Waals surface area contributed by atoms with Crippen molar-refractivity contribution < 1.29 is 35.9 Å². The first-order valence-corrected chi connectivity index (χ1v) is 13.8. The fraction of sp³-hybridized carbons (Fsp3) is 0.462. The van der Waals surface area contributed by atoms with E-state index in [1.54, 1.807) is 13.8 Å². The Morgan fingerprint density at radius 3 is 2.13 bits per heavy atom. The summed E-state index contributed by atoms with van der Waals surface area (Å²) in [5.74, 6) is -2.16. The lowest BCUT2D eigenvalue weighted by atomic mass is 9.98. The third kappa shape index (κ3) is 6.32. The number of rotatable bonds is 6. The second-order valence-corrected chi connectivity index (χ2v) is 11.8. The number of sulfonamides is 1. The fourth-order valence-electron chi connectivity index (χ4n) is 4.38. The van der Waals surface area contributed by atoms with Crippen molar-refractivity contribution in [2.75, 3.05) is 18.4 Å². The summed E-state index contributed by atoms with van der Waals surface area (Å²) in [6, 6.07) is 4.45. The normalized spacial score (nSPS) is 16.2. The number of esters is 1. The molecule has 1 aliphatic rings. The van der Waals surface area contributed by atoms with Crippen LogP contribution in [0.4, 0.5) is 18.9 Å². The summed E-state index contributed by atoms with van der Waals surface area (Å²) in [4.78, 5) is 25.5. The molecule has 0 unspecified atom stereocenters. The molecule has 0 radical (unpaired) electrons. The number of aryl methyl sites for hydroxylation is 2. The van der Waals surface area contributed by atoms with Gasteiger partial charge in [-0.3, -0.25) is 9.59 Å². The van der Waals surface area contributed by atoms with Crippen LogP contribution in [0.5, 0.6) is 0 Å². The van der Waals surface area contributed by atoms with Crippen LogP contribution < -0.4 is 5.32 Å². The molecule has 1 saturated heterocycles. The number of anilines is 1. The molecule has 1 aliphatic heterocycles. The maximum atomic E-state index is 13.4. The first kappa shape index (κ1) is 29.9. The lowest BCUT2D eigenvalue weighted by molar-refractivity contribution is -0.158. The van der Waals surface area contributed by atoms with Gasteiger partial charge in [-0.1, -0.05) is 17.7 Å². The summed E-state index contributed by atoms with van der Waals surface area (Å²) in [7, 11) is -3.78. The number of carbonyl (C=O) groups excluding carboxylic acids is 2. The van der Waals surface area contributed by atoms with Crippen molar-refractivity contribution in [3.05, 3.63) is 57.1 Å². The molecule has 1 heterocycles. The van der Waals surface area contributed by atoms with E-state index in [0.29, 0.717) is 17.2 Å². The summed E-state index contributed by atoms with van der Waals surface area (Å²) in [5, 5.41) is 2.16. The van der Waals surface area contributed by atoms with E-state index in [0.717, 1.165) is 23.3 Å². The smallest absolute Gasteiger partial charge is 0.416 e. The van der Waals surface area contributed by atoms with Crippen LogP contribution >= 0.6 is 11.6 Å². The van der Waals surface area contributed by atoms with Crippen molar-refractivity contribution in [2.24, 2.45) is 5.92 Å². The van der Waals surface area contributed by atoms with Gasteiger partial charge in [0.2, 0.25) is 10.0 Å². The number of ether oxygens (including phenoxy) is 1. The van der Waals surface area contributed by atoms with Gasteiger partial charge in [-0.05, 0) is 87.9 Å². The molecule has 1 atom stereocenters. The van der Waals surface area contributed by atoms with Crippen molar-refractivity contribution in [3.63, 3.8) is 0 Å². The highest BCUT2D eigenvalue weighted by atomic mass is 35.5. The molecule has 1 amide bonds. The van der Waals surface area contributed by atoms with E-state index >= 15 is 0 Å². The Morgan fingerprint density at radius 1 is 1.05 bits per heavy atom. The lowest BCUT2D eigenvalue weighted by Gasteiger charge is -2.31. The summed E-state index contributed by atoms with van der Waals surface area (Å²) >= 11 is 5.91. The number of benzene rings is 2. The van der Waals surface area contributed by atoms with E-state index in [1.807, 2.05) is 19.9 Å². The molecule has 7 nitrogen and oxygen atoms in total. The van der Waals surface area contributed by atoms with Gasteiger partial charge < -0.3 is 10.1 Å². The van der Waals surface area contributed by atoms with E-state index in [4.69, 9.17) is 16.3 Å². The summed E-state index contributed by atoms with van der Waals surface area (Å²) in [5.41, 5.74) is 1.89. The van der Waals surface area contributed by atoms with Gasteiger partial charge in [-0.2, -0.15) is 17.5 Å². The van der Waals surface area contributed by atoms with Crippen LogP contribution in [0, 0.1) is 33.6 Å². The molecule has 2 aromatic carbocycles. The molecule has 0 saturated carbocycles. The summed E-state index contributed by atoms with van der Waals surface area (Å²) in [6.45, 7) is 8.78. The minimum Gasteiger partial charge on any atom is -0.452 e. The number of halogens is 4. The zero-order valence-corrected chi connectivity index (χ0v) is 23.3. The Labute approximate surface area is 225 Å². The second kappa shape index (κ2) is 11.2. The highest BCUT2D eigenvalue weighted by Gasteiger charge is 2.36. The number of amides is 1. The van der Waals surface area contributed by atoms with Gasteiger partial charge in [0.05, 0.1) is 27.1 Å². The number of carbonyl (C=O) groups is 2. The van der Waals surface area contributed by atoms with Crippen molar-refractivity contribution in [3.8, 4) is 0 Å². The third-order valence-electron chi connectivity index (χ3n) is 6.90. The number of piperidine rings is 1. The quantitative estimate of drug-likeness (QED) is 0.456. The van der Waals surface area contributed by atoms with Crippen molar-refractivity contribution in [1.29, 1.82) is 0 Å². The summed E-state index contributed by atoms with van der Waals surface area (Å²) < 4.78 is 72.4. The van der Waals surface area contributed by atoms with E-state index in [2.05, 4.69) is 5.32 Å². The molecular weight excluding hydrogens is 545 g/mol. The maximum Gasteiger partial charge on any atom is 0.416 e. The van der Waals surface area contributed by atoms with Crippen LogP contribution in [0.1, 0.15) is 47.6 Å². The van der Waals surface area contributed by atoms with Gasteiger partial charge in [0.1, 0.15) is 0 Å². The van der Waals surface area contributed by atoms with E-state index in [1.165, 1.54) is 11.2 Å². The largest absolute Gasteiger partial charge is 0.452 e. The Bertz CT molecular complexity index is 1330. The molecule has 0 aliphatic carbocycles. The minimum absolute atomic E-state index is 0.104. The monoisotopic (exact) mass is 574 g/mol. The molecule has 0 aromatic heterocycles. The van der Waals surface area contributed by atoms with Crippen LogP contribution in [0.25, 0.3) is 0 Å². The lowest BCUT2D eigenvalue weighted by Crippen LogP contribution is -2.42. The molecular formula is C26H30ClF3N2O5S. The predicted octanol–water partition coefficient (Wildman–Crippen LogP) is 5.56. The van der Waals surface area contributed by atoms with Gasteiger partial charge in [0, 0.05) is 13.1 Å². The average molecular weight is 575 g/mol. The van der Waals surface area contributed by atoms with Crippen LogP contribution in [-0.4, -0.2) is 43.8 Å². The molecule has 1 fully saturated rings. The number of nitrogens with zero attached hydrogens (tertiary/aromatic N) is 1. The van der Waals surface area contributed by atoms with Crippen LogP contribution in [0.15, 0.2) is 29.2 Å². The third-order valence-corrected chi connectivity index (χ3v) is 9.40. The SMILES string of the molecule is Cc1cc(C)c(C)c(S(=O)(=O)N2CCC(C(=O)O[C@@H](C)C(=O)Nc3cc(C(F)(F)F)ccc3Cl)CC2)c1C. The Kier molecular flexibility index (Phi) is 8.84. The van der Waals surface area contributed by atoms with E-state index in [-0.39, 0.29) is 41.5 Å². The Balaban J connectivity index is 1.63. The van der Waals surface area contributed by atoms with Gasteiger partial charge in [-0.15, -0.1) is 0 Å². The first-order chi connectivity index (χ1) is 17.5. The highest BCUT2D eigenvalue weighted by Crippen LogP contribution is 2.34. The van der Waals surface area contributed by atoms with Crippen LogP contribution in [0.3, 0.4) is 0 Å². The van der Waals surface area contributed by atoms with Crippen LogP contribution in [-0.2, 0) is 30.5 Å². The van der Waals surface area contributed by atoms with Crippen molar-refractivity contribution >= 4 is 39.2 Å². The highest BCUT2D eigenvalue weighted by molar-refractivity contribution is 7.89.